The average molecular weight is 276 g/mol. The Kier molecular flexibility index (Phi) is 4.70. The van der Waals surface area contributed by atoms with Crippen LogP contribution < -0.4 is 0 Å². The first-order valence-corrected chi connectivity index (χ1v) is 6.75. The predicted octanol–water partition coefficient (Wildman–Crippen LogP) is 2.22. The van der Waals surface area contributed by atoms with Crippen LogP contribution in [0.1, 0.15) is 30.9 Å². The molecule has 0 aliphatic carbocycles. The van der Waals surface area contributed by atoms with Gasteiger partial charge in [0.1, 0.15) is 11.9 Å². The summed E-state index contributed by atoms with van der Waals surface area (Å²) in [6, 6.07) is 5.91. The zero-order valence-corrected chi connectivity index (χ0v) is 11.4. The topological polar surface area (TPSA) is 53.3 Å². The van der Waals surface area contributed by atoms with Crippen molar-refractivity contribution in [1.29, 1.82) is 5.26 Å². The van der Waals surface area contributed by atoms with Gasteiger partial charge in [-0.15, -0.1) is 0 Å². The van der Waals surface area contributed by atoms with E-state index in [9.17, 15) is 9.18 Å². The average Bonchev–Trinajstić information content (AvgIpc) is 2.89. The molecule has 5 heteroatoms. The third kappa shape index (κ3) is 3.14. The molecule has 0 amide bonds. The summed E-state index contributed by atoms with van der Waals surface area (Å²) >= 11 is 0. The molecule has 4 nitrogen and oxygen atoms in total. The second-order valence-electron chi connectivity index (χ2n) is 4.79. The largest absolute Gasteiger partial charge is 0.465 e. The van der Waals surface area contributed by atoms with Gasteiger partial charge < -0.3 is 4.74 Å². The standard InChI is InChI=1S/C15H17FN2O2/c1-2-20-15(19)14-4-3-7-18(14)10-11-5-6-13(16)8-12(11)9-17/h5-6,8,14H,2-4,7,10H2,1H3. The van der Waals surface area contributed by atoms with Crippen molar-refractivity contribution in [2.75, 3.05) is 13.2 Å². The Labute approximate surface area is 117 Å². The van der Waals surface area contributed by atoms with E-state index in [0.717, 1.165) is 24.9 Å². The Morgan fingerprint density at radius 3 is 3.10 bits per heavy atom. The molecule has 1 aliphatic heterocycles. The lowest BCUT2D eigenvalue weighted by atomic mass is 10.1. The lowest BCUT2D eigenvalue weighted by Crippen LogP contribution is -2.37. The Hall–Kier alpha value is -1.93. The zero-order chi connectivity index (χ0) is 14.5. The van der Waals surface area contributed by atoms with Crippen molar-refractivity contribution in [2.24, 2.45) is 0 Å². The molecule has 0 aromatic heterocycles. The van der Waals surface area contributed by atoms with Gasteiger partial charge in [0.25, 0.3) is 0 Å². The molecule has 106 valence electrons. The molecular formula is C15H17FN2O2. The maximum Gasteiger partial charge on any atom is 0.323 e. The van der Waals surface area contributed by atoms with Crippen molar-refractivity contribution in [2.45, 2.75) is 32.4 Å². The van der Waals surface area contributed by atoms with E-state index in [4.69, 9.17) is 10.00 Å². The van der Waals surface area contributed by atoms with Gasteiger partial charge in [-0.1, -0.05) is 6.07 Å². The van der Waals surface area contributed by atoms with Crippen LogP contribution in [0, 0.1) is 17.1 Å². The van der Waals surface area contributed by atoms with Crippen LogP contribution in [-0.4, -0.2) is 30.1 Å². The second kappa shape index (κ2) is 6.49. The molecule has 1 aromatic carbocycles. The number of rotatable bonds is 4. The lowest BCUT2D eigenvalue weighted by molar-refractivity contribution is -0.148. The summed E-state index contributed by atoms with van der Waals surface area (Å²) < 4.78 is 18.2. The van der Waals surface area contributed by atoms with Crippen LogP contribution in [0.5, 0.6) is 0 Å². The molecule has 1 atom stereocenters. The van der Waals surface area contributed by atoms with Gasteiger partial charge in [-0.05, 0) is 44.0 Å². The number of halogens is 1. The number of hydrogen-bond acceptors (Lipinski definition) is 4. The normalized spacial score (nSPS) is 18.8. The summed E-state index contributed by atoms with van der Waals surface area (Å²) in [5.74, 6) is -0.640. The van der Waals surface area contributed by atoms with Crippen molar-refractivity contribution in [3.63, 3.8) is 0 Å². The van der Waals surface area contributed by atoms with Crippen LogP contribution in [0.15, 0.2) is 18.2 Å². The number of carbonyl (C=O) groups excluding carboxylic acids is 1. The van der Waals surface area contributed by atoms with E-state index in [1.54, 1.807) is 13.0 Å². The molecule has 0 N–H and O–H groups in total. The molecule has 0 spiro atoms. The number of nitriles is 1. The van der Waals surface area contributed by atoms with Crippen LogP contribution in [-0.2, 0) is 16.1 Å². The molecule has 0 bridgehead atoms. The van der Waals surface area contributed by atoms with Gasteiger partial charge in [-0.3, -0.25) is 9.69 Å². The Morgan fingerprint density at radius 1 is 1.60 bits per heavy atom. The summed E-state index contributed by atoms with van der Waals surface area (Å²) in [5.41, 5.74) is 1.06. The van der Waals surface area contributed by atoms with Crippen molar-refractivity contribution >= 4 is 5.97 Å². The van der Waals surface area contributed by atoms with Gasteiger partial charge in [0.05, 0.1) is 18.2 Å². The first kappa shape index (κ1) is 14.5. The quantitative estimate of drug-likeness (QED) is 0.791. The minimum atomic E-state index is -0.423. The molecule has 20 heavy (non-hydrogen) atoms. The highest BCUT2D eigenvalue weighted by atomic mass is 19.1. The molecule has 1 fully saturated rings. The molecule has 1 aliphatic rings. The van der Waals surface area contributed by atoms with Gasteiger partial charge in [-0.25, -0.2) is 4.39 Å². The number of ether oxygens (including phenoxy) is 1. The third-order valence-corrected chi connectivity index (χ3v) is 3.49. The molecule has 1 heterocycles. The SMILES string of the molecule is CCOC(=O)C1CCCN1Cc1ccc(F)cc1C#N. The fourth-order valence-corrected chi connectivity index (χ4v) is 2.53. The van der Waals surface area contributed by atoms with Gasteiger partial charge in [0, 0.05) is 6.54 Å². The Bertz CT molecular complexity index is 539. The molecule has 2 rings (SSSR count). The van der Waals surface area contributed by atoms with Gasteiger partial charge in [0.2, 0.25) is 0 Å². The monoisotopic (exact) mass is 276 g/mol. The van der Waals surface area contributed by atoms with Crippen LogP contribution in [0.4, 0.5) is 4.39 Å². The number of carbonyl (C=O) groups is 1. The fraction of sp³-hybridized carbons (Fsp3) is 0.467. The maximum absolute atomic E-state index is 13.1. The summed E-state index contributed by atoms with van der Waals surface area (Å²) in [4.78, 5) is 13.9. The summed E-state index contributed by atoms with van der Waals surface area (Å²) in [7, 11) is 0. The van der Waals surface area contributed by atoms with Crippen LogP contribution in [0.25, 0.3) is 0 Å². The molecule has 1 unspecified atom stereocenters. The highest BCUT2D eigenvalue weighted by Gasteiger charge is 2.32. The van der Waals surface area contributed by atoms with E-state index in [1.807, 2.05) is 11.0 Å². The van der Waals surface area contributed by atoms with Crippen LogP contribution >= 0.6 is 0 Å². The molecule has 0 radical (unpaired) electrons. The fourth-order valence-electron chi connectivity index (χ4n) is 2.53. The number of esters is 1. The number of hydrogen-bond donors (Lipinski definition) is 0. The molecule has 1 aromatic rings. The Morgan fingerprint density at radius 2 is 2.40 bits per heavy atom. The zero-order valence-electron chi connectivity index (χ0n) is 11.4. The molecule has 1 saturated heterocycles. The predicted molar refractivity (Wildman–Crippen MR) is 71.2 cm³/mol. The second-order valence-corrected chi connectivity index (χ2v) is 4.79. The minimum absolute atomic E-state index is 0.217. The van der Waals surface area contributed by atoms with Crippen molar-refractivity contribution in [1.82, 2.24) is 4.90 Å². The van der Waals surface area contributed by atoms with Gasteiger partial charge in [-0.2, -0.15) is 5.26 Å². The van der Waals surface area contributed by atoms with E-state index < -0.39 is 5.82 Å². The maximum atomic E-state index is 13.1. The summed E-state index contributed by atoms with van der Waals surface area (Å²) in [6.45, 7) is 3.40. The van der Waals surface area contributed by atoms with E-state index in [0.29, 0.717) is 18.7 Å². The van der Waals surface area contributed by atoms with E-state index >= 15 is 0 Å². The minimum Gasteiger partial charge on any atom is -0.465 e. The highest BCUT2D eigenvalue weighted by Crippen LogP contribution is 2.22. The third-order valence-electron chi connectivity index (χ3n) is 3.49. The number of nitrogens with zero attached hydrogens (tertiary/aromatic N) is 2. The lowest BCUT2D eigenvalue weighted by Gasteiger charge is -2.23. The first-order valence-electron chi connectivity index (χ1n) is 6.75. The van der Waals surface area contributed by atoms with E-state index in [-0.39, 0.29) is 12.0 Å². The van der Waals surface area contributed by atoms with Crippen LogP contribution in [0.3, 0.4) is 0 Å². The van der Waals surface area contributed by atoms with Gasteiger partial charge in [0.15, 0.2) is 0 Å². The van der Waals surface area contributed by atoms with E-state index in [2.05, 4.69) is 0 Å². The smallest absolute Gasteiger partial charge is 0.323 e. The van der Waals surface area contributed by atoms with Crippen molar-refractivity contribution in [3.05, 3.63) is 35.1 Å². The van der Waals surface area contributed by atoms with Crippen molar-refractivity contribution < 1.29 is 13.9 Å². The first-order chi connectivity index (χ1) is 9.65. The molecular weight excluding hydrogens is 259 g/mol. The summed E-state index contributed by atoms with van der Waals surface area (Å²) in [6.07, 6.45) is 1.69. The van der Waals surface area contributed by atoms with Gasteiger partial charge >= 0.3 is 5.97 Å². The van der Waals surface area contributed by atoms with Crippen LogP contribution in [0.2, 0.25) is 0 Å². The Balaban J connectivity index is 2.13. The van der Waals surface area contributed by atoms with E-state index in [1.165, 1.54) is 12.1 Å². The summed E-state index contributed by atoms with van der Waals surface area (Å²) in [5, 5.41) is 9.05. The van der Waals surface area contributed by atoms with Crippen molar-refractivity contribution in [3.8, 4) is 6.07 Å². The number of likely N-dealkylation sites (tertiary alicyclic amines) is 1. The highest BCUT2D eigenvalue weighted by molar-refractivity contribution is 5.76. The number of benzene rings is 1. The molecule has 0 saturated carbocycles.